The second kappa shape index (κ2) is 6.60. The molecular formula is C11H19O3. The summed E-state index contributed by atoms with van der Waals surface area (Å²) in [6, 6.07) is 0. The van der Waals surface area contributed by atoms with E-state index < -0.39 is 0 Å². The summed E-state index contributed by atoms with van der Waals surface area (Å²) in [5.41, 5.74) is 0.418. The van der Waals surface area contributed by atoms with Crippen LogP contribution < -0.4 is 0 Å². The summed E-state index contributed by atoms with van der Waals surface area (Å²) < 4.78 is 4.90. The number of hydrogen-bond acceptors (Lipinski definition) is 3. The van der Waals surface area contributed by atoms with E-state index in [0.29, 0.717) is 12.2 Å². The first-order valence-electron chi connectivity index (χ1n) is 4.78. The van der Waals surface area contributed by atoms with Gasteiger partial charge in [0.05, 0.1) is 12.7 Å². The Balaban J connectivity index is 3.47. The second-order valence-electron chi connectivity index (χ2n) is 3.54. The highest BCUT2D eigenvalue weighted by atomic mass is 16.5. The minimum absolute atomic E-state index is 0.347. The van der Waals surface area contributed by atoms with Crippen molar-refractivity contribution in [3.8, 4) is 0 Å². The Morgan fingerprint density at radius 3 is 2.50 bits per heavy atom. The Kier molecular flexibility index (Phi) is 6.21. The van der Waals surface area contributed by atoms with Gasteiger partial charge in [-0.3, -0.25) is 0 Å². The maximum Gasteiger partial charge on any atom is 0.333 e. The van der Waals surface area contributed by atoms with Gasteiger partial charge in [0.25, 0.3) is 0 Å². The van der Waals surface area contributed by atoms with Gasteiger partial charge in [-0.15, -0.1) is 0 Å². The van der Waals surface area contributed by atoms with E-state index in [9.17, 15) is 4.79 Å². The van der Waals surface area contributed by atoms with Gasteiger partial charge in [0.1, 0.15) is 0 Å². The Morgan fingerprint density at radius 2 is 2.07 bits per heavy atom. The van der Waals surface area contributed by atoms with E-state index in [4.69, 9.17) is 9.84 Å². The van der Waals surface area contributed by atoms with Crippen LogP contribution >= 0.6 is 0 Å². The molecule has 0 aliphatic heterocycles. The van der Waals surface area contributed by atoms with Gasteiger partial charge < -0.3 is 9.84 Å². The number of carbonyl (C=O) groups excluding carboxylic acids is 1. The molecule has 0 amide bonds. The van der Waals surface area contributed by atoms with Gasteiger partial charge >= 0.3 is 5.97 Å². The fourth-order valence-corrected chi connectivity index (χ4v) is 0.848. The van der Waals surface area contributed by atoms with E-state index in [1.807, 2.05) is 6.92 Å². The Labute approximate surface area is 85.8 Å². The SMILES string of the molecule is C=C(C)C(=O)OCCC[C](C)C(C)O. The molecule has 0 spiro atoms. The van der Waals surface area contributed by atoms with Crippen LogP contribution in [0.5, 0.6) is 0 Å². The van der Waals surface area contributed by atoms with Crippen LogP contribution in [0.2, 0.25) is 0 Å². The maximum absolute atomic E-state index is 10.9. The van der Waals surface area contributed by atoms with Gasteiger partial charge in [-0.25, -0.2) is 4.79 Å². The topological polar surface area (TPSA) is 46.5 Å². The molecule has 3 nitrogen and oxygen atoms in total. The monoisotopic (exact) mass is 199 g/mol. The Bertz CT molecular complexity index is 197. The third kappa shape index (κ3) is 5.75. The lowest BCUT2D eigenvalue weighted by molar-refractivity contribution is -0.139. The van der Waals surface area contributed by atoms with Crippen LogP contribution in [0.1, 0.15) is 33.6 Å². The lowest BCUT2D eigenvalue weighted by Crippen LogP contribution is -2.12. The van der Waals surface area contributed by atoms with E-state index >= 15 is 0 Å². The molecule has 81 valence electrons. The number of carbonyl (C=O) groups is 1. The number of hydrogen-bond donors (Lipinski definition) is 1. The standard InChI is InChI=1S/C11H19O3/c1-8(2)11(13)14-7-5-6-9(3)10(4)12/h10,12H,1,5-7H2,2-4H3. The molecule has 0 bridgehead atoms. The smallest absolute Gasteiger partial charge is 0.333 e. The molecule has 0 saturated heterocycles. The molecule has 1 atom stereocenters. The van der Waals surface area contributed by atoms with Crippen molar-refractivity contribution in [2.24, 2.45) is 0 Å². The normalized spacial score (nSPS) is 12.6. The summed E-state index contributed by atoms with van der Waals surface area (Å²) in [6.45, 7) is 9.11. The zero-order valence-corrected chi connectivity index (χ0v) is 9.17. The van der Waals surface area contributed by atoms with Crippen molar-refractivity contribution < 1.29 is 14.6 Å². The molecule has 0 aromatic heterocycles. The molecule has 0 saturated carbocycles. The molecule has 1 unspecified atom stereocenters. The summed E-state index contributed by atoms with van der Waals surface area (Å²) in [7, 11) is 0. The fourth-order valence-electron chi connectivity index (χ4n) is 0.848. The molecule has 0 aliphatic rings. The van der Waals surface area contributed by atoms with Gasteiger partial charge in [0.15, 0.2) is 0 Å². The van der Waals surface area contributed by atoms with E-state index in [1.165, 1.54) is 0 Å². The second-order valence-corrected chi connectivity index (χ2v) is 3.54. The minimum Gasteiger partial charge on any atom is -0.462 e. The van der Waals surface area contributed by atoms with E-state index in [1.54, 1.807) is 13.8 Å². The third-order valence-electron chi connectivity index (χ3n) is 2.01. The average molecular weight is 199 g/mol. The van der Waals surface area contributed by atoms with Crippen LogP contribution in [0.3, 0.4) is 0 Å². The van der Waals surface area contributed by atoms with Gasteiger partial charge in [-0.1, -0.05) is 13.5 Å². The Morgan fingerprint density at radius 1 is 1.50 bits per heavy atom. The Hall–Kier alpha value is -0.830. The molecular weight excluding hydrogens is 180 g/mol. The fraction of sp³-hybridized carbons (Fsp3) is 0.636. The van der Waals surface area contributed by atoms with Gasteiger partial charge in [-0.2, -0.15) is 0 Å². The summed E-state index contributed by atoms with van der Waals surface area (Å²) in [5, 5.41) is 9.16. The molecule has 0 rings (SSSR count). The highest BCUT2D eigenvalue weighted by Gasteiger charge is 2.09. The van der Waals surface area contributed by atoms with Crippen LogP contribution in [-0.2, 0) is 9.53 Å². The van der Waals surface area contributed by atoms with E-state index in [0.717, 1.165) is 18.8 Å². The average Bonchev–Trinajstić information content (AvgIpc) is 2.11. The highest BCUT2D eigenvalue weighted by molar-refractivity contribution is 5.86. The van der Waals surface area contributed by atoms with E-state index in [2.05, 4.69) is 6.58 Å². The van der Waals surface area contributed by atoms with Crippen molar-refractivity contribution in [2.45, 2.75) is 39.7 Å². The molecule has 1 radical (unpaired) electrons. The summed E-state index contributed by atoms with van der Waals surface area (Å²) in [5.74, 6) is 0.663. The van der Waals surface area contributed by atoms with Crippen LogP contribution in [0, 0.1) is 5.92 Å². The lowest BCUT2D eigenvalue weighted by Gasteiger charge is -2.13. The predicted molar refractivity (Wildman–Crippen MR) is 55.6 cm³/mol. The van der Waals surface area contributed by atoms with Crippen molar-refractivity contribution >= 4 is 5.97 Å². The van der Waals surface area contributed by atoms with Crippen molar-refractivity contribution in [2.75, 3.05) is 6.61 Å². The van der Waals surface area contributed by atoms with Crippen LogP contribution in [0.15, 0.2) is 12.2 Å². The van der Waals surface area contributed by atoms with Crippen molar-refractivity contribution in [1.29, 1.82) is 0 Å². The summed E-state index contributed by atoms with van der Waals surface area (Å²) in [4.78, 5) is 10.9. The first-order chi connectivity index (χ1) is 6.45. The molecule has 3 heteroatoms. The molecule has 0 fully saturated rings. The maximum atomic E-state index is 10.9. The summed E-state index contributed by atoms with van der Waals surface area (Å²) in [6.07, 6.45) is 1.14. The van der Waals surface area contributed by atoms with Gasteiger partial charge in [0, 0.05) is 11.5 Å². The third-order valence-corrected chi connectivity index (χ3v) is 2.01. The quantitative estimate of drug-likeness (QED) is 0.403. The number of aliphatic hydroxyl groups excluding tert-OH is 1. The number of rotatable bonds is 6. The van der Waals surface area contributed by atoms with Crippen LogP contribution in [0.4, 0.5) is 0 Å². The minimum atomic E-state index is -0.383. The van der Waals surface area contributed by atoms with Gasteiger partial charge in [-0.05, 0) is 26.7 Å². The van der Waals surface area contributed by atoms with Crippen LogP contribution in [-0.4, -0.2) is 23.8 Å². The van der Waals surface area contributed by atoms with Crippen molar-refractivity contribution in [3.63, 3.8) is 0 Å². The zero-order valence-electron chi connectivity index (χ0n) is 9.17. The van der Waals surface area contributed by atoms with Crippen molar-refractivity contribution in [3.05, 3.63) is 18.1 Å². The zero-order chi connectivity index (χ0) is 11.1. The molecule has 1 N–H and O–H groups in total. The number of aliphatic hydroxyl groups is 1. The first kappa shape index (κ1) is 13.2. The summed E-state index contributed by atoms with van der Waals surface area (Å²) >= 11 is 0. The van der Waals surface area contributed by atoms with Crippen molar-refractivity contribution in [1.82, 2.24) is 0 Å². The molecule has 0 heterocycles. The lowest BCUT2D eigenvalue weighted by atomic mass is 10.0. The molecule has 0 aromatic rings. The number of ether oxygens (including phenoxy) is 1. The molecule has 0 aromatic carbocycles. The first-order valence-corrected chi connectivity index (χ1v) is 4.78. The molecule has 14 heavy (non-hydrogen) atoms. The number of esters is 1. The van der Waals surface area contributed by atoms with Crippen LogP contribution in [0.25, 0.3) is 0 Å². The largest absolute Gasteiger partial charge is 0.462 e. The van der Waals surface area contributed by atoms with Gasteiger partial charge in [0.2, 0.25) is 0 Å². The van der Waals surface area contributed by atoms with E-state index in [-0.39, 0.29) is 12.1 Å². The highest BCUT2D eigenvalue weighted by Crippen LogP contribution is 2.12. The molecule has 0 aliphatic carbocycles. The predicted octanol–water partition coefficient (Wildman–Crippen LogP) is 1.86.